The van der Waals surface area contributed by atoms with E-state index in [1.807, 2.05) is 81.6 Å². The summed E-state index contributed by atoms with van der Waals surface area (Å²) in [5, 5.41) is 11.6. The molecule has 1 aliphatic rings. The minimum Gasteiger partial charge on any atom is -0.399 e. The number of carbonyl (C=O) groups excluding carboxylic acids is 2. The first-order valence-corrected chi connectivity index (χ1v) is 14.0. The van der Waals surface area contributed by atoms with Gasteiger partial charge >= 0.3 is 7.12 Å². The summed E-state index contributed by atoms with van der Waals surface area (Å²) in [7, 11) is 7.01. The van der Waals surface area contributed by atoms with E-state index in [2.05, 4.69) is 25.5 Å². The maximum atomic E-state index is 11.3. The topological polar surface area (TPSA) is 134 Å². The smallest absolute Gasteiger partial charge is 0.399 e. The Kier molecular flexibility index (Phi) is 8.14. The van der Waals surface area contributed by atoms with Gasteiger partial charge in [-0.15, -0.1) is 0 Å². The van der Waals surface area contributed by atoms with E-state index in [-0.39, 0.29) is 0 Å². The number of imidazole rings is 1. The number of nitrogens with one attached hydrogen (secondary N) is 1. The molecule has 228 valence electrons. The Morgan fingerprint density at radius 3 is 2.25 bits per heavy atom. The van der Waals surface area contributed by atoms with Gasteiger partial charge in [-0.3, -0.25) is 23.4 Å². The van der Waals surface area contributed by atoms with Crippen molar-refractivity contribution < 1.29 is 18.9 Å². The second kappa shape index (κ2) is 11.7. The van der Waals surface area contributed by atoms with Gasteiger partial charge in [0.2, 0.25) is 0 Å². The van der Waals surface area contributed by atoms with Crippen molar-refractivity contribution in [1.29, 1.82) is 0 Å². The molecule has 0 saturated carbocycles. The third-order valence-electron chi connectivity index (χ3n) is 7.80. The number of aldehydes is 2. The number of rotatable bonds is 7. The molecule has 0 spiro atoms. The second-order valence-corrected chi connectivity index (χ2v) is 11.8. The number of anilines is 3. The highest BCUT2D eigenvalue weighted by molar-refractivity contribution is 6.63. The van der Waals surface area contributed by atoms with Gasteiger partial charge in [0.1, 0.15) is 11.4 Å². The van der Waals surface area contributed by atoms with Crippen LogP contribution in [-0.4, -0.2) is 78.9 Å². The van der Waals surface area contributed by atoms with Crippen molar-refractivity contribution in [2.24, 2.45) is 14.1 Å². The molecule has 4 aromatic heterocycles. The Hall–Kier alpha value is -4.82. The van der Waals surface area contributed by atoms with E-state index < -0.39 is 18.3 Å². The molecule has 1 fully saturated rings. The van der Waals surface area contributed by atoms with E-state index in [1.54, 1.807) is 48.2 Å². The number of hydrogen-bond acceptors (Lipinski definition) is 10. The second-order valence-electron chi connectivity index (χ2n) is 11.8. The maximum Gasteiger partial charge on any atom is 0.498 e. The fraction of sp³-hybridized carbons (Fsp3) is 0.333. The van der Waals surface area contributed by atoms with Crippen molar-refractivity contribution >= 4 is 48.0 Å². The Morgan fingerprint density at radius 1 is 0.932 bits per heavy atom. The number of aryl methyl sites for hydroxylation is 2. The molecule has 0 unspecified atom stereocenters. The van der Waals surface area contributed by atoms with Crippen molar-refractivity contribution in [3.63, 3.8) is 0 Å². The van der Waals surface area contributed by atoms with Gasteiger partial charge in [-0.25, -0.2) is 9.97 Å². The van der Waals surface area contributed by atoms with E-state index in [0.29, 0.717) is 28.3 Å². The molecule has 1 aliphatic heterocycles. The summed E-state index contributed by atoms with van der Waals surface area (Å²) >= 11 is 0. The van der Waals surface area contributed by atoms with Crippen molar-refractivity contribution in [1.82, 2.24) is 33.9 Å². The highest BCUT2D eigenvalue weighted by atomic mass is 16.7. The largest absolute Gasteiger partial charge is 0.498 e. The fourth-order valence-electron chi connectivity index (χ4n) is 4.76. The first-order valence-electron chi connectivity index (χ1n) is 14.0. The van der Waals surface area contributed by atoms with Crippen LogP contribution in [0.4, 0.5) is 17.2 Å². The molecule has 5 aromatic rings. The van der Waals surface area contributed by atoms with Crippen LogP contribution in [0.25, 0.3) is 16.9 Å². The van der Waals surface area contributed by atoms with Crippen LogP contribution in [0.5, 0.6) is 0 Å². The molecule has 1 saturated heterocycles. The number of nitrogens with zero attached hydrogens (tertiary/aromatic N) is 8. The Morgan fingerprint density at radius 2 is 1.59 bits per heavy atom. The summed E-state index contributed by atoms with van der Waals surface area (Å²) in [6, 6.07) is 8.05. The van der Waals surface area contributed by atoms with E-state index in [9.17, 15) is 9.59 Å². The van der Waals surface area contributed by atoms with Crippen LogP contribution in [0.2, 0.25) is 0 Å². The third-order valence-corrected chi connectivity index (χ3v) is 7.80. The minimum absolute atomic E-state index is 0.367. The zero-order valence-electron chi connectivity index (χ0n) is 26.1. The molecule has 0 amide bonds. The Labute approximate surface area is 256 Å². The predicted molar refractivity (Wildman–Crippen MR) is 169 cm³/mol. The molecular weight excluding hydrogens is 561 g/mol. The van der Waals surface area contributed by atoms with Gasteiger partial charge in [0.15, 0.2) is 24.0 Å². The average molecular weight is 597 g/mol. The van der Waals surface area contributed by atoms with Crippen LogP contribution >= 0.6 is 0 Å². The standard InChI is InChI=1S/C19H19N7O.C11H17BN2O3/c1-24(2)14-6-4-5-13(9-14)22-18-19-21-10-17(26(19)8-7-20-18)15-11-25(3)23-16(15)12-27;1-10(2)11(3,4)17-12(16-10)8-6-14(5)13-9(8)7-15/h4-12H,1-3H3,(H,20,22);6-7H,1-5H3. The van der Waals surface area contributed by atoms with Crippen LogP contribution in [0, 0.1) is 0 Å². The van der Waals surface area contributed by atoms with E-state index in [0.717, 1.165) is 35.2 Å². The van der Waals surface area contributed by atoms with E-state index in [1.165, 1.54) is 0 Å². The molecule has 6 rings (SSSR count). The highest BCUT2D eigenvalue weighted by Crippen LogP contribution is 2.36. The molecule has 0 aliphatic carbocycles. The Balaban J connectivity index is 0.000000195. The lowest BCUT2D eigenvalue weighted by atomic mass is 9.79. The lowest BCUT2D eigenvalue weighted by Crippen LogP contribution is -2.41. The van der Waals surface area contributed by atoms with Crippen molar-refractivity contribution in [3.8, 4) is 11.3 Å². The molecular formula is C30H36BN9O4. The monoisotopic (exact) mass is 597 g/mol. The number of hydrogen-bond donors (Lipinski definition) is 1. The lowest BCUT2D eigenvalue weighted by molar-refractivity contribution is 0.00578. The molecule has 1 aromatic carbocycles. The predicted octanol–water partition coefficient (Wildman–Crippen LogP) is 3.28. The van der Waals surface area contributed by atoms with Crippen LogP contribution < -0.4 is 15.7 Å². The molecule has 5 heterocycles. The SMILES string of the molecule is CN(C)c1cccc(Nc2nccn3c(-c4cn(C)nc4C=O)cnc23)c1.Cn1cc(B2OC(C)(C)C(C)(C)O2)c(C=O)n1. The molecule has 13 nitrogen and oxygen atoms in total. The van der Waals surface area contributed by atoms with Crippen LogP contribution in [0.1, 0.15) is 48.7 Å². The molecule has 0 radical (unpaired) electrons. The minimum atomic E-state index is -0.533. The summed E-state index contributed by atoms with van der Waals surface area (Å²) in [6.45, 7) is 7.90. The number of fused-ring (bicyclic) bond motifs is 1. The van der Waals surface area contributed by atoms with Crippen LogP contribution in [0.15, 0.2) is 55.2 Å². The van der Waals surface area contributed by atoms with Crippen LogP contribution in [-0.2, 0) is 23.4 Å². The first-order chi connectivity index (χ1) is 20.8. The quantitative estimate of drug-likeness (QED) is 0.220. The van der Waals surface area contributed by atoms with Gasteiger partial charge in [0, 0.05) is 75.4 Å². The average Bonchev–Trinajstić information content (AvgIpc) is 3.72. The van der Waals surface area contributed by atoms with Crippen molar-refractivity contribution in [2.75, 3.05) is 24.3 Å². The van der Waals surface area contributed by atoms with Crippen molar-refractivity contribution in [2.45, 2.75) is 38.9 Å². The zero-order valence-corrected chi connectivity index (χ0v) is 26.1. The molecule has 0 atom stereocenters. The number of carbonyl (C=O) groups is 2. The van der Waals surface area contributed by atoms with Gasteiger partial charge in [-0.05, 0) is 45.9 Å². The normalized spacial score (nSPS) is 15.1. The van der Waals surface area contributed by atoms with E-state index >= 15 is 0 Å². The summed E-state index contributed by atoms with van der Waals surface area (Å²) in [5.74, 6) is 0.635. The molecule has 44 heavy (non-hydrogen) atoms. The molecule has 0 bridgehead atoms. The van der Waals surface area contributed by atoms with Crippen LogP contribution in [0.3, 0.4) is 0 Å². The third kappa shape index (κ3) is 5.86. The zero-order chi connectivity index (χ0) is 31.8. The van der Waals surface area contributed by atoms with Gasteiger partial charge < -0.3 is 19.5 Å². The first kappa shape index (κ1) is 30.6. The Bertz CT molecular complexity index is 1810. The van der Waals surface area contributed by atoms with Gasteiger partial charge in [0.25, 0.3) is 0 Å². The molecule has 1 N–H and O–H groups in total. The summed E-state index contributed by atoms with van der Waals surface area (Å²) in [6.07, 6.45) is 10.3. The lowest BCUT2D eigenvalue weighted by Gasteiger charge is -2.32. The summed E-state index contributed by atoms with van der Waals surface area (Å²) in [5.41, 5.74) is 4.80. The molecule has 14 heteroatoms. The van der Waals surface area contributed by atoms with Gasteiger partial charge in [-0.1, -0.05) is 6.07 Å². The summed E-state index contributed by atoms with van der Waals surface area (Å²) in [4.78, 5) is 33.2. The summed E-state index contributed by atoms with van der Waals surface area (Å²) < 4.78 is 16.8. The van der Waals surface area contributed by atoms with E-state index in [4.69, 9.17) is 9.31 Å². The van der Waals surface area contributed by atoms with Gasteiger partial charge in [0.05, 0.1) is 23.1 Å². The number of benzene rings is 1. The highest BCUT2D eigenvalue weighted by Gasteiger charge is 2.52. The fourth-order valence-corrected chi connectivity index (χ4v) is 4.76. The van der Waals surface area contributed by atoms with Gasteiger partial charge in [-0.2, -0.15) is 10.2 Å². The van der Waals surface area contributed by atoms with Crippen molar-refractivity contribution in [3.05, 3.63) is 66.6 Å². The maximum absolute atomic E-state index is 11.3. The number of aromatic nitrogens is 7.